The van der Waals surface area contributed by atoms with Gasteiger partial charge in [-0.05, 0) is 24.3 Å². The third-order valence-corrected chi connectivity index (χ3v) is 2.35. The van der Waals surface area contributed by atoms with Crippen molar-refractivity contribution in [3.05, 3.63) is 24.3 Å². The molecule has 0 aliphatic rings. The minimum Gasteiger partial charge on any atom is -0.399 e. The Kier molecular flexibility index (Phi) is 3.73. The first-order valence-electron chi connectivity index (χ1n) is 4.45. The van der Waals surface area contributed by atoms with Gasteiger partial charge < -0.3 is 14.1 Å². The summed E-state index contributed by atoms with van der Waals surface area (Å²) in [5.74, 6) is -0.853. The Bertz CT molecular complexity index is 465. The zero-order valence-corrected chi connectivity index (χ0v) is 9.36. The first-order valence-corrected chi connectivity index (χ1v) is 5.78. The Morgan fingerprint density at radius 2 is 1.88 bits per heavy atom. The third-order valence-electron chi connectivity index (χ3n) is 1.56. The normalized spacial score (nSPS) is 10.8. The summed E-state index contributed by atoms with van der Waals surface area (Å²) in [6, 6.07) is 5.64. The summed E-state index contributed by atoms with van der Waals surface area (Å²) in [6.45, 7) is 1.47. The molecule has 16 heavy (non-hydrogen) atoms. The van der Waals surface area contributed by atoms with Crippen LogP contribution in [-0.4, -0.2) is 14.4 Å². The van der Waals surface area contributed by atoms with E-state index in [-0.39, 0.29) is 12.2 Å². The summed E-state index contributed by atoms with van der Waals surface area (Å²) < 4.78 is 30.9. The Balaban J connectivity index is 2.73. The first kappa shape index (κ1) is 12.3. The summed E-state index contributed by atoms with van der Waals surface area (Å²) in [6.07, 6.45) is -0.0513. The molecule has 0 saturated heterocycles. The Morgan fingerprint density at radius 1 is 1.31 bits per heavy atom. The van der Waals surface area contributed by atoms with Gasteiger partial charge >= 0.3 is 16.4 Å². The molecular weight excluding hydrogens is 234 g/mol. The van der Waals surface area contributed by atoms with Crippen molar-refractivity contribution in [1.82, 2.24) is 0 Å². The first-order chi connectivity index (χ1) is 7.43. The lowest BCUT2D eigenvalue weighted by molar-refractivity contribution is -0.133. The predicted molar refractivity (Wildman–Crippen MR) is 56.8 cm³/mol. The number of nitrogens with two attached hydrogens (primary N) is 1. The van der Waals surface area contributed by atoms with Crippen molar-refractivity contribution < 1.29 is 21.6 Å². The summed E-state index contributed by atoms with van der Waals surface area (Å²) in [7, 11) is -4.35. The van der Waals surface area contributed by atoms with Crippen molar-refractivity contribution in [2.24, 2.45) is 0 Å². The van der Waals surface area contributed by atoms with E-state index in [2.05, 4.69) is 8.37 Å². The standard InChI is InChI=1S/C9H11NO5S/c1-2-9(11)15-16(12,13)14-8-5-3-7(10)4-6-8/h3-6H,2,10H2,1H3. The zero-order valence-electron chi connectivity index (χ0n) is 8.54. The summed E-state index contributed by atoms with van der Waals surface area (Å²) in [4.78, 5) is 10.8. The average molecular weight is 245 g/mol. The summed E-state index contributed by atoms with van der Waals surface area (Å²) in [5, 5.41) is 0. The molecule has 0 radical (unpaired) electrons. The average Bonchev–Trinajstić information content (AvgIpc) is 2.20. The number of nitrogen functional groups attached to an aromatic ring is 1. The van der Waals surface area contributed by atoms with Crippen LogP contribution in [0.4, 0.5) is 5.69 Å². The Labute approximate surface area is 93.3 Å². The van der Waals surface area contributed by atoms with Crippen molar-refractivity contribution in [3.8, 4) is 5.75 Å². The fraction of sp³-hybridized carbons (Fsp3) is 0.222. The zero-order chi connectivity index (χ0) is 12.2. The van der Waals surface area contributed by atoms with Gasteiger partial charge in [0.25, 0.3) is 0 Å². The molecule has 1 aromatic rings. The van der Waals surface area contributed by atoms with E-state index in [0.29, 0.717) is 5.69 Å². The van der Waals surface area contributed by atoms with Gasteiger partial charge in [-0.2, -0.15) is 0 Å². The molecule has 88 valence electrons. The van der Waals surface area contributed by atoms with Crippen molar-refractivity contribution in [3.63, 3.8) is 0 Å². The highest BCUT2D eigenvalue weighted by Gasteiger charge is 2.18. The molecule has 1 aromatic carbocycles. The second kappa shape index (κ2) is 4.84. The molecule has 0 unspecified atom stereocenters. The molecule has 0 aliphatic heterocycles. The van der Waals surface area contributed by atoms with E-state index in [1.165, 1.54) is 31.2 Å². The van der Waals surface area contributed by atoms with Crippen LogP contribution in [0.5, 0.6) is 5.75 Å². The van der Waals surface area contributed by atoms with E-state index in [1.54, 1.807) is 0 Å². The van der Waals surface area contributed by atoms with Crippen LogP contribution in [0.15, 0.2) is 24.3 Å². The number of rotatable bonds is 4. The van der Waals surface area contributed by atoms with E-state index >= 15 is 0 Å². The highest BCUT2D eigenvalue weighted by atomic mass is 32.3. The SMILES string of the molecule is CCC(=O)OS(=O)(=O)Oc1ccc(N)cc1. The Morgan fingerprint density at radius 3 is 2.38 bits per heavy atom. The molecule has 6 nitrogen and oxygen atoms in total. The molecule has 0 bridgehead atoms. The van der Waals surface area contributed by atoms with Crippen LogP contribution < -0.4 is 9.92 Å². The quantitative estimate of drug-likeness (QED) is 0.790. The summed E-state index contributed by atoms with van der Waals surface area (Å²) in [5.41, 5.74) is 5.87. The number of hydrogen-bond acceptors (Lipinski definition) is 6. The van der Waals surface area contributed by atoms with Gasteiger partial charge in [-0.1, -0.05) is 6.92 Å². The maximum absolute atomic E-state index is 11.2. The van der Waals surface area contributed by atoms with Gasteiger partial charge in [-0.15, -0.1) is 8.42 Å². The van der Waals surface area contributed by atoms with Gasteiger partial charge in [0.2, 0.25) is 0 Å². The molecular formula is C9H11NO5S. The van der Waals surface area contributed by atoms with Crippen molar-refractivity contribution >= 4 is 22.1 Å². The van der Waals surface area contributed by atoms with Crippen molar-refractivity contribution in [2.75, 3.05) is 5.73 Å². The largest absolute Gasteiger partial charge is 0.503 e. The van der Waals surface area contributed by atoms with Crippen LogP contribution in [0.25, 0.3) is 0 Å². The molecule has 0 amide bonds. The molecule has 0 aromatic heterocycles. The van der Waals surface area contributed by atoms with Crippen molar-refractivity contribution in [2.45, 2.75) is 13.3 Å². The minimum absolute atomic E-state index is 0.0260. The fourth-order valence-electron chi connectivity index (χ4n) is 0.831. The second-order valence-corrected chi connectivity index (χ2v) is 4.02. The van der Waals surface area contributed by atoms with E-state index in [4.69, 9.17) is 5.73 Å². The minimum atomic E-state index is -4.35. The lowest BCUT2D eigenvalue weighted by Gasteiger charge is -2.05. The molecule has 0 spiro atoms. The topological polar surface area (TPSA) is 95.7 Å². The van der Waals surface area contributed by atoms with Gasteiger partial charge in [-0.25, -0.2) is 0 Å². The van der Waals surface area contributed by atoms with E-state index in [0.717, 1.165) is 0 Å². The lowest BCUT2D eigenvalue weighted by atomic mass is 10.3. The van der Waals surface area contributed by atoms with Crippen LogP contribution >= 0.6 is 0 Å². The molecule has 7 heteroatoms. The molecule has 0 fully saturated rings. The highest BCUT2D eigenvalue weighted by Crippen LogP contribution is 2.15. The van der Waals surface area contributed by atoms with E-state index in [9.17, 15) is 13.2 Å². The van der Waals surface area contributed by atoms with Crippen LogP contribution in [0, 0.1) is 0 Å². The maximum Gasteiger partial charge on any atom is 0.503 e. The smallest absolute Gasteiger partial charge is 0.399 e. The molecule has 1 rings (SSSR count). The van der Waals surface area contributed by atoms with Gasteiger partial charge in [0, 0.05) is 12.1 Å². The van der Waals surface area contributed by atoms with Crippen molar-refractivity contribution in [1.29, 1.82) is 0 Å². The molecule has 0 atom stereocenters. The predicted octanol–water partition coefficient (Wildman–Crippen LogP) is 0.846. The third kappa shape index (κ3) is 3.77. The Hall–Kier alpha value is -1.76. The van der Waals surface area contributed by atoms with Crippen LogP contribution in [0.3, 0.4) is 0 Å². The van der Waals surface area contributed by atoms with Gasteiger partial charge in [0.1, 0.15) is 5.75 Å². The van der Waals surface area contributed by atoms with Crippen LogP contribution in [-0.2, 0) is 19.4 Å². The van der Waals surface area contributed by atoms with Gasteiger partial charge in [0.15, 0.2) is 0 Å². The lowest BCUT2D eigenvalue weighted by Crippen LogP contribution is -2.17. The van der Waals surface area contributed by atoms with Gasteiger partial charge in [0.05, 0.1) is 0 Å². The fourth-order valence-corrected chi connectivity index (χ4v) is 1.56. The molecule has 0 saturated carbocycles. The maximum atomic E-state index is 11.2. The number of hydrogen-bond donors (Lipinski definition) is 1. The monoisotopic (exact) mass is 245 g/mol. The molecule has 0 heterocycles. The number of carbonyl (C=O) groups excluding carboxylic acids is 1. The summed E-state index contributed by atoms with van der Waals surface area (Å²) >= 11 is 0. The number of anilines is 1. The second-order valence-electron chi connectivity index (χ2n) is 2.87. The highest BCUT2D eigenvalue weighted by molar-refractivity contribution is 7.82. The van der Waals surface area contributed by atoms with Crippen LogP contribution in [0.2, 0.25) is 0 Å². The van der Waals surface area contributed by atoms with Gasteiger partial charge in [-0.3, -0.25) is 4.79 Å². The molecule has 0 aliphatic carbocycles. The van der Waals surface area contributed by atoms with E-state index in [1.807, 2.05) is 0 Å². The number of benzene rings is 1. The van der Waals surface area contributed by atoms with Crippen LogP contribution in [0.1, 0.15) is 13.3 Å². The van der Waals surface area contributed by atoms with E-state index < -0.39 is 16.4 Å². The number of carbonyl (C=O) groups is 1. The molecule has 2 N–H and O–H groups in total.